The van der Waals surface area contributed by atoms with Crippen molar-refractivity contribution in [2.24, 2.45) is 0 Å². The number of aromatic amines is 1. The molecule has 3 rings (SSSR count). The van der Waals surface area contributed by atoms with E-state index in [0.29, 0.717) is 41.2 Å². The van der Waals surface area contributed by atoms with Crippen molar-refractivity contribution in [3.8, 4) is 11.5 Å². The highest BCUT2D eigenvalue weighted by Gasteiger charge is 2.13. The zero-order valence-corrected chi connectivity index (χ0v) is 16.2. The Bertz CT molecular complexity index is 1050. The highest BCUT2D eigenvalue weighted by Crippen LogP contribution is 2.28. The summed E-state index contributed by atoms with van der Waals surface area (Å²) in [5, 5.41) is 0.545. The van der Waals surface area contributed by atoms with E-state index in [0.717, 1.165) is 5.56 Å². The number of benzene rings is 2. The molecular weight excluding hydrogens is 358 g/mol. The van der Waals surface area contributed by atoms with Crippen LogP contribution in [0.1, 0.15) is 17.8 Å². The number of carbonyl (C=O) groups is 1. The number of nitrogens with one attached hydrogen (secondary N) is 1. The number of hydrogen-bond donors (Lipinski definition) is 1. The number of H-pyrrole nitrogens is 1. The van der Waals surface area contributed by atoms with Crippen LogP contribution in [0.5, 0.6) is 11.5 Å². The van der Waals surface area contributed by atoms with Crippen molar-refractivity contribution in [3.63, 3.8) is 0 Å². The Labute approximate surface area is 162 Å². The lowest BCUT2D eigenvalue weighted by molar-refractivity contribution is -0.130. The Morgan fingerprint density at radius 3 is 2.61 bits per heavy atom. The third-order valence-corrected chi connectivity index (χ3v) is 4.53. The standard InChI is InChI=1S/C21H23N3O4/c1-24(13-14-8-9-17(27-2)18(12-14)28-3)20(25)11-10-19-22-16-7-5-4-6-15(16)21(26)23-19/h4-9,12H,10-11,13H2,1-3H3,(H,22,23,26). The van der Waals surface area contributed by atoms with E-state index in [4.69, 9.17) is 9.47 Å². The quantitative estimate of drug-likeness (QED) is 0.680. The first-order chi connectivity index (χ1) is 13.5. The molecule has 1 amide bonds. The van der Waals surface area contributed by atoms with Crippen LogP contribution in [0.4, 0.5) is 0 Å². The number of fused-ring (bicyclic) bond motifs is 1. The van der Waals surface area contributed by atoms with E-state index in [1.165, 1.54) is 0 Å². The summed E-state index contributed by atoms with van der Waals surface area (Å²) in [4.78, 5) is 33.4. The van der Waals surface area contributed by atoms with Gasteiger partial charge in [-0.15, -0.1) is 0 Å². The second-order valence-electron chi connectivity index (χ2n) is 6.47. The number of amides is 1. The van der Waals surface area contributed by atoms with Crippen LogP contribution >= 0.6 is 0 Å². The lowest BCUT2D eigenvalue weighted by atomic mass is 10.1. The minimum absolute atomic E-state index is 0.0365. The van der Waals surface area contributed by atoms with Crippen LogP contribution in [0.15, 0.2) is 47.3 Å². The van der Waals surface area contributed by atoms with E-state index in [2.05, 4.69) is 9.97 Å². The number of methoxy groups -OCH3 is 2. The third kappa shape index (κ3) is 4.31. The lowest BCUT2D eigenvalue weighted by Crippen LogP contribution is -2.27. The number of nitrogens with zero attached hydrogens (tertiary/aromatic N) is 2. The molecule has 28 heavy (non-hydrogen) atoms. The largest absolute Gasteiger partial charge is 0.493 e. The second kappa shape index (κ2) is 8.56. The summed E-state index contributed by atoms with van der Waals surface area (Å²) in [5.74, 6) is 1.74. The molecule has 2 aromatic carbocycles. The molecule has 0 saturated carbocycles. The highest BCUT2D eigenvalue weighted by atomic mass is 16.5. The van der Waals surface area contributed by atoms with Crippen molar-refractivity contribution in [1.82, 2.24) is 14.9 Å². The van der Waals surface area contributed by atoms with Gasteiger partial charge in [-0.1, -0.05) is 18.2 Å². The van der Waals surface area contributed by atoms with Gasteiger partial charge in [0, 0.05) is 26.4 Å². The lowest BCUT2D eigenvalue weighted by Gasteiger charge is -2.18. The number of ether oxygens (including phenoxy) is 2. The van der Waals surface area contributed by atoms with Crippen LogP contribution in [0.25, 0.3) is 10.9 Å². The molecule has 1 aromatic heterocycles. The molecule has 0 aliphatic rings. The monoisotopic (exact) mass is 381 g/mol. The van der Waals surface area contributed by atoms with Crippen LogP contribution in [0, 0.1) is 0 Å². The topological polar surface area (TPSA) is 84.5 Å². The summed E-state index contributed by atoms with van der Waals surface area (Å²) in [6, 6.07) is 12.7. The average molecular weight is 381 g/mol. The normalized spacial score (nSPS) is 10.7. The van der Waals surface area contributed by atoms with E-state index in [9.17, 15) is 9.59 Å². The van der Waals surface area contributed by atoms with Crippen LogP contribution in [-0.2, 0) is 17.8 Å². The van der Waals surface area contributed by atoms with Gasteiger partial charge < -0.3 is 19.4 Å². The summed E-state index contributed by atoms with van der Waals surface area (Å²) in [6.45, 7) is 0.445. The summed E-state index contributed by atoms with van der Waals surface area (Å²) >= 11 is 0. The van der Waals surface area contributed by atoms with Crippen molar-refractivity contribution in [2.75, 3.05) is 21.3 Å². The van der Waals surface area contributed by atoms with Crippen LogP contribution in [-0.4, -0.2) is 42.0 Å². The summed E-state index contributed by atoms with van der Waals surface area (Å²) in [7, 11) is 4.90. The fraction of sp³-hybridized carbons (Fsp3) is 0.286. The number of carbonyl (C=O) groups excluding carboxylic acids is 1. The molecule has 0 fully saturated rings. The molecular formula is C21H23N3O4. The molecule has 0 bridgehead atoms. The first-order valence-electron chi connectivity index (χ1n) is 8.94. The molecule has 0 radical (unpaired) electrons. The van der Waals surface area contributed by atoms with Gasteiger partial charge in [-0.3, -0.25) is 9.59 Å². The number of rotatable bonds is 7. The van der Waals surface area contributed by atoms with E-state index in [1.54, 1.807) is 44.4 Å². The van der Waals surface area contributed by atoms with Crippen molar-refractivity contribution in [3.05, 3.63) is 64.2 Å². The van der Waals surface area contributed by atoms with E-state index < -0.39 is 0 Å². The Morgan fingerprint density at radius 1 is 1.11 bits per heavy atom. The van der Waals surface area contributed by atoms with Gasteiger partial charge in [-0.25, -0.2) is 4.98 Å². The van der Waals surface area contributed by atoms with Crippen LogP contribution in [0.3, 0.4) is 0 Å². The van der Waals surface area contributed by atoms with E-state index in [1.807, 2.05) is 24.3 Å². The Balaban J connectivity index is 1.64. The van der Waals surface area contributed by atoms with Gasteiger partial charge in [0.1, 0.15) is 5.82 Å². The maximum atomic E-state index is 12.5. The van der Waals surface area contributed by atoms with Crippen LogP contribution < -0.4 is 15.0 Å². The van der Waals surface area contributed by atoms with E-state index in [-0.39, 0.29) is 17.9 Å². The molecule has 0 saturated heterocycles. The van der Waals surface area contributed by atoms with Crippen molar-refractivity contribution in [1.29, 1.82) is 0 Å². The molecule has 1 heterocycles. The molecule has 146 valence electrons. The zero-order valence-electron chi connectivity index (χ0n) is 16.2. The Kier molecular flexibility index (Phi) is 5.93. The molecule has 1 N–H and O–H groups in total. The van der Waals surface area contributed by atoms with Crippen LogP contribution in [0.2, 0.25) is 0 Å². The Hall–Kier alpha value is -3.35. The smallest absolute Gasteiger partial charge is 0.258 e. The van der Waals surface area contributed by atoms with Gasteiger partial charge in [0.2, 0.25) is 5.91 Å². The fourth-order valence-corrected chi connectivity index (χ4v) is 3.01. The highest BCUT2D eigenvalue weighted by molar-refractivity contribution is 5.78. The zero-order chi connectivity index (χ0) is 20.1. The average Bonchev–Trinajstić information content (AvgIpc) is 2.71. The summed E-state index contributed by atoms with van der Waals surface area (Å²) in [5.41, 5.74) is 1.38. The first-order valence-corrected chi connectivity index (χ1v) is 8.94. The predicted octanol–water partition coefficient (Wildman–Crippen LogP) is 2.53. The molecule has 0 aliphatic carbocycles. The molecule has 0 atom stereocenters. The summed E-state index contributed by atoms with van der Waals surface area (Å²) in [6.07, 6.45) is 0.625. The van der Waals surface area contributed by atoms with Gasteiger partial charge in [0.15, 0.2) is 11.5 Å². The molecule has 7 nitrogen and oxygen atoms in total. The maximum Gasteiger partial charge on any atom is 0.258 e. The molecule has 0 aliphatic heterocycles. The van der Waals surface area contributed by atoms with Gasteiger partial charge in [0.25, 0.3) is 5.56 Å². The minimum Gasteiger partial charge on any atom is -0.493 e. The number of aryl methyl sites for hydroxylation is 1. The van der Waals surface area contributed by atoms with Crippen molar-refractivity contribution >= 4 is 16.8 Å². The Morgan fingerprint density at radius 2 is 1.86 bits per heavy atom. The van der Waals surface area contributed by atoms with Gasteiger partial charge in [-0.05, 0) is 29.8 Å². The van der Waals surface area contributed by atoms with Gasteiger partial charge in [0.05, 0.1) is 25.1 Å². The molecule has 7 heteroatoms. The molecule has 3 aromatic rings. The SMILES string of the molecule is COc1ccc(CN(C)C(=O)CCc2nc3ccccc3c(=O)[nH]2)cc1OC. The third-order valence-electron chi connectivity index (χ3n) is 4.53. The minimum atomic E-state index is -0.188. The van der Waals surface area contributed by atoms with Gasteiger partial charge >= 0.3 is 0 Å². The first kappa shape index (κ1) is 19.4. The fourth-order valence-electron chi connectivity index (χ4n) is 3.01. The predicted molar refractivity (Wildman–Crippen MR) is 107 cm³/mol. The molecule has 0 spiro atoms. The van der Waals surface area contributed by atoms with Gasteiger partial charge in [-0.2, -0.15) is 0 Å². The van der Waals surface area contributed by atoms with Crippen molar-refractivity contribution in [2.45, 2.75) is 19.4 Å². The van der Waals surface area contributed by atoms with E-state index >= 15 is 0 Å². The second-order valence-corrected chi connectivity index (χ2v) is 6.47. The van der Waals surface area contributed by atoms with Crippen molar-refractivity contribution < 1.29 is 14.3 Å². The summed E-state index contributed by atoms with van der Waals surface area (Å²) < 4.78 is 10.5. The number of aromatic nitrogens is 2. The maximum absolute atomic E-state index is 12.5. The number of hydrogen-bond acceptors (Lipinski definition) is 5. The molecule has 0 unspecified atom stereocenters. The number of para-hydroxylation sites is 1.